The summed E-state index contributed by atoms with van der Waals surface area (Å²) in [4.78, 5) is 3.68. The van der Waals surface area contributed by atoms with Crippen LogP contribution in [0.1, 0.15) is 5.56 Å². The summed E-state index contributed by atoms with van der Waals surface area (Å²) in [6, 6.07) is 10.1. The minimum absolute atomic E-state index is 0.0698. The summed E-state index contributed by atoms with van der Waals surface area (Å²) in [7, 11) is -4.07. The third-order valence-corrected chi connectivity index (χ3v) is 5.11. The second-order valence-electron chi connectivity index (χ2n) is 5.60. The average Bonchev–Trinajstić information content (AvgIpc) is 2.59. The highest BCUT2D eigenvalue weighted by Crippen LogP contribution is 2.30. The van der Waals surface area contributed by atoms with Crippen LogP contribution in [0.4, 0.5) is 14.5 Å². The summed E-state index contributed by atoms with van der Waals surface area (Å²) in [5, 5.41) is 0.121. The molecule has 2 aromatic carbocycles. The Labute approximate surface area is 159 Å². The van der Waals surface area contributed by atoms with Crippen LogP contribution in [0, 0.1) is 18.6 Å². The van der Waals surface area contributed by atoms with Crippen LogP contribution >= 0.6 is 11.6 Å². The molecule has 1 heterocycles. The third kappa shape index (κ3) is 4.53. The summed E-state index contributed by atoms with van der Waals surface area (Å²) < 4.78 is 60.5. The monoisotopic (exact) mass is 410 g/mol. The summed E-state index contributed by atoms with van der Waals surface area (Å²) in [5.74, 6) is -2.22. The maximum Gasteiger partial charge on any atom is 0.261 e. The van der Waals surface area contributed by atoms with Gasteiger partial charge in [-0.2, -0.15) is 0 Å². The zero-order valence-corrected chi connectivity index (χ0v) is 15.5. The second-order valence-corrected chi connectivity index (χ2v) is 7.67. The first-order chi connectivity index (χ1) is 12.7. The van der Waals surface area contributed by atoms with Crippen molar-refractivity contribution in [2.45, 2.75) is 11.8 Å². The molecule has 140 valence electrons. The van der Waals surface area contributed by atoms with Crippen LogP contribution < -0.4 is 9.46 Å². The van der Waals surface area contributed by atoms with Crippen molar-refractivity contribution in [3.63, 3.8) is 0 Å². The van der Waals surface area contributed by atoms with Gasteiger partial charge in [-0.15, -0.1) is 0 Å². The molecule has 5 nitrogen and oxygen atoms in total. The zero-order valence-electron chi connectivity index (χ0n) is 13.9. The van der Waals surface area contributed by atoms with Crippen molar-refractivity contribution in [3.8, 4) is 11.5 Å². The molecule has 0 bridgehead atoms. The van der Waals surface area contributed by atoms with Gasteiger partial charge >= 0.3 is 0 Å². The largest absolute Gasteiger partial charge is 0.454 e. The predicted octanol–water partition coefficient (Wildman–Crippen LogP) is 4.91. The number of nitrogens with zero attached hydrogens (tertiary/aromatic N) is 1. The SMILES string of the molecule is Cc1ccc(S(=O)(=O)Nc2cc(F)c(Oc3ccnc(Cl)c3)cc2F)cc1. The van der Waals surface area contributed by atoms with E-state index in [2.05, 4.69) is 4.98 Å². The number of benzene rings is 2. The lowest BCUT2D eigenvalue weighted by Crippen LogP contribution is -2.14. The second kappa shape index (κ2) is 7.50. The Hall–Kier alpha value is -2.71. The van der Waals surface area contributed by atoms with E-state index in [9.17, 15) is 17.2 Å². The van der Waals surface area contributed by atoms with Gasteiger partial charge in [0.2, 0.25) is 0 Å². The molecule has 3 aromatic rings. The maximum absolute atomic E-state index is 14.3. The molecule has 1 aromatic heterocycles. The molecule has 27 heavy (non-hydrogen) atoms. The van der Waals surface area contributed by atoms with Crippen molar-refractivity contribution in [2.75, 3.05) is 4.72 Å². The number of hydrogen-bond donors (Lipinski definition) is 1. The number of pyridine rings is 1. The quantitative estimate of drug-likeness (QED) is 0.606. The van der Waals surface area contributed by atoms with E-state index in [1.54, 1.807) is 19.1 Å². The Morgan fingerprint density at radius 2 is 1.74 bits per heavy atom. The highest BCUT2D eigenvalue weighted by Gasteiger charge is 2.19. The molecule has 0 atom stereocenters. The van der Waals surface area contributed by atoms with Gasteiger partial charge in [-0.3, -0.25) is 4.72 Å². The molecule has 0 saturated heterocycles. The molecule has 0 radical (unpaired) electrons. The zero-order chi connectivity index (χ0) is 19.6. The molecule has 0 aliphatic heterocycles. The van der Waals surface area contributed by atoms with Gasteiger partial charge in [-0.1, -0.05) is 29.3 Å². The molecular weight excluding hydrogens is 398 g/mol. The van der Waals surface area contributed by atoms with E-state index in [1.807, 2.05) is 4.72 Å². The van der Waals surface area contributed by atoms with Gasteiger partial charge in [0, 0.05) is 24.4 Å². The molecule has 0 unspecified atom stereocenters. The Bertz CT molecular complexity index is 1090. The van der Waals surface area contributed by atoms with E-state index < -0.39 is 33.1 Å². The average molecular weight is 411 g/mol. The lowest BCUT2D eigenvalue weighted by Gasteiger charge is -2.12. The number of aromatic nitrogens is 1. The van der Waals surface area contributed by atoms with Crippen molar-refractivity contribution < 1.29 is 21.9 Å². The topological polar surface area (TPSA) is 68.3 Å². The van der Waals surface area contributed by atoms with Gasteiger partial charge in [0.1, 0.15) is 10.9 Å². The standard InChI is InChI=1S/C18H13ClF2N2O3S/c1-11-2-4-13(5-3-11)27(24,25)23-16-9-15(21)17(10-14(16)20)26-12-6-7-22-18(19)8-12/h2-10,23H,1H3. The first-order valence-corrected chi connectivity index (χ1v) is 9.49. The number of aryl methyl sites for hydroxylation is 1. The lowest BCUT2D eigenvalue weighted by atomic mass is 10.2. The van der Waals surface area contributed by atoms with Gasteiger partial charge in [0.15, 0.2) is 17.4 Å². The number of sulfonamides is 1. The van der Waals surface area contributed by atoms with E-state index >= 15 is 0 Å². The normalized spacial score (nSPS) is 11.3. The van der Waals surface area contributed by atoms with Crippen molar-refractivity contribution in [1.82, 2.24) is 4.98 Å². The number of ether oxygens (including phenoxy) is 1. The van der Waals surface area contributed by atoms with Crippen LogP contribution in [0.25, 0.3) is 0 Å². The molecular formula is C18H13ClF2N2O3S. The number of halogens is 3. The summed E-state index contributed by atoms with van der Waals surface area (Å²) in [6.07, 6.45) is 1.34. The van der Waals surface area contributed by atoms with Gasteiger partial charge in [0.25, 0.3) is 10.0 Å². The molecule has 0 aliphatic rings. The van der Waals surface area contributed by atoms with Crippen LogP contribution in [0.3, 0.4) is 0 Å². The summed E-state index contributed by atoms with van der Waals surface area (Å²) >= 11 is 5.71. The Kier molecular flexibility index (Phi) is 5.29. The first-order valence-electron chi connectivity index (χ1n) is 7.62. The van der Waals surface area contributed by atoms with Gasteiger partial charge in [-0.25, -0.2) is 22.2 Å². The van der Waals surface area contributed by atoms with E-state index in [1.165, 1.54) is 30.5 Å². The molecule has 0 amide bonds. The fourth-order valence-electron chi connectivity index (χ4n) is 2.18. The summed E-state index contributed by atoms with van der Waals surface area (Å²) in [6.45, 7) is 1.80. The Morgan fingerprint density at radius 3 is 2.41 bits per heavy atom. The van der Waals surface area contributed by atoms with Crippen molar-refractivity contribution in [3.05, 3.63) is 77.1 Å². The molecule has 0 aliphatic carbocycles. The third-order valence-electron chi connectivity index (χ3n) is 3.52. The molecule has 0 saturated carbocycles. The molecule has 3 rings (SSSR count). The number of anilines is 1. The van der Waals surface area contributed by atoms with Crippen molar-refractivity contribution >= 4 is 27.3 Å². The van der Waals surface area contributed by atoms with Gasteiger partial charge < -0.3 is 4.74 Å². The molecule has 0 fully saturated rings. The fraction of sp³-hybridized carbons (Fsp3) is 0.0556. The number of rotatable bonds is 5. The Morgan fingerprint density at radius 1 is 1.04 bits per heavy atom. The number of hydrogen-bond acceptors (Lipinski definition) is 4. The van der Waals surface area contributed by atoms with Crippen LogP contribution in [-0.4, -0.2) is 13.4 Å². The molecule has 0 spiro atoms. The van der Waals surface area contributed by atoms with Crippen LogP contribution in [0.2, 0.25) is 5.15 Å². The van der Waals surface area contributed by atoms with E-state index in [0.29, 0.717) is 6.07 Å². The maximum atomic E-state index is 14.3. The molecule has 9 heteroatoms. The fourth-order valence-corrected chi connectivity index (χ4v) is 3.40. The predicted molar refractivity (Wildman–Crippen MR) is 97.7 cm³/mol. The minimum atomic E-state index is -4.07. The minimum Gasteiger partial charge on any atom is -0.454 e. The van der Waals surface area contributed by atoms with Crippen LogP contribution in [0.15, 0.2) is 59.6 Å². The number of nitrogens with one attached hydrogen (secondary N) is 1. The Balaban J connectivity index is 1.87. The van der Waals surface area contributed by atoms with Crippen molar-refractivity contribution in [2.24, 2.45) is 0 Å². The summed E-state index contributed by atoms with van der Waals surface area (Å²) in [5.41, 5.74) is 0.331. The van der Waals surface area contributed by atoms with Crippen LogP contribution in [-0.2, 0) is 10.0 Å². The van der Waals surface area contributed by atoms with E-state index in [-0.39, 0.29) is 15.8 Å². The molecule has 1 N–H and O–H groups in total. The van der Waals surface area contributed by atoms with Crippen molar-refractivity contribution in [1.29, 1.82) is 0 Å². The first kappa shape index (κ1) is 19.1. The van der Waals surface area contributed by atoms with Crippen LogP contribution in [0.5, 0.6) is 11.5 Å². The van der Waals surface area contributed by atoms with E-state index in [0.717, 1.165) is 11.6 Å². The van der Waals surface area contributed by atoms with Gasteiger partial charge in [-0.05, 0) is 25.1 Å². The highest BCUT2D eigenvalue weighted by molar-refractivity contribution is 7.92. The smallest absolute Gasteiger partial charge is 0.261 e. The van der Waals surface area contributed by atoms with E-state index in [4.69, 9.17) is 16.3 Å². The lowest BCUT2D eigenvalue weighted by molar-refractivity contribution is 0.436. The highest BCUT2D eigenvalue weighted by atomic mass is 35.5. The van der Waals surface area contributed by atoms with Gasteiger partial charge in [0.05, 0.1) is 10.6 Å².